The van der Waals surface area contributed by atoms with E-state index >= 15 is 0 Å². The molecule has 0 aliphatic carbocycles. The van der Waals surface area contributed by atoms with Gasteiger partial charge in [-0.1, -0.05) is 30.3 Å². The first-order valence-electron chi connectivity index (χ1n) is 10.8. The summed E-state index contributed by atoms with van der Waals surface area (Å²) in [6.45, 7) is 6.30. The number of carbonyl (C=O) groups is 3. The number of nitrogens with zero attached hydrogens (tertiary/aromatic N) is 3. The molecular weight excluding hydrogens is 446 g/mol. The van der Waals surface area contributed by atoms with Crippen LogP contribution >= 0.6 is 0 Å². The van der Waals surface area contributed by atoms with Crippen LogP contribution in [0.5, 0.6) is 0 Å². The van der Waals surface area contributed by atoms with Crippen LogP contribution in [0.2, 0.25) is 0 Å². The van der Waals surface area contributed by atoms with Crippen LogP contribution in [-0.4, -0.2) is 83.4 Å². The van der Waals surface area contributed by atoms with Gasteiger partial charge in [0.25, 0.3) is 0 Å². The van der Waals surface area contributed by atoms with Crippen LogP contribution in [0.1, 0.15) is 36.1 Å². The fourth-order valence-electron chi connectivity index (χ4n) is 3.72. The molecule has 11 heteroatoms. The predicted octanol–water partition coefficient (Wildman–Crippen LogP) is 0.806. The molecule has 1 aromatic carbocycles. The summed E-state index contributed by atoms with van der Waals surface area (Å²) in [4.78, 5) is 32.9. The number of aliphatic hydroxyl groups is 2. The van der Waals surface area contributed by atoms with Gasteiger partial charge in [-0.05, 0) is 31.4 Å². The largest absolute Gasteiger partial charge is 0.481 e. The van der Waals surface area contributed by atoms with E-state index in [9.17, 15) is 19.5 Å². The second-order valence-electron chi connectivity index (χ2n) is 8.45. The van der Waals surface area contributed by atoms with Crippen LogP contribution in [0.3, 0.4) is 0 Å². The lowest BCUT2D eigenvalue weighted by atomic mass is 9.96. The highest BCUT2D eigenvalue weighted by Gasteiger charge is 2.40. The van der Waals surface area contributed by atoms with E-state index < -0.39 is 36.4 Å². The van der Waals surface area contributed by atoms with E-state index in [2.05, 4.69) is 45.9 Å². The highest BCUT2D eigenvalue weighted by atomic mass is 16.4. The van der Waals surface area contributed by atoms with Crippen molar-refractivity contribution < 1.29 is 39.9 Å². The predicted molar refractivity (Wildman–Crippen MR) is 120 cm³/mol. The van der Waals surface area contributed by atoms with E-state index in [1.165, 1.54) is 16.8 Å². The Morgan fingerprint density at radius 2 is 1.68 bits per heavy atom. The van der Waals surface area contributed by atoms with E-state index in [0.29, 0.717) is 12.5 Å². The van der Waals surface area contributed by atoms with E-state index in [0.717, 1.165) is 32.6 Å². The summed E-state index contributed by atoms with van der Waals surface area (Å²) in [6, 6.07) is 10.4. The van der Waals surface area contributed by atoms with Crippen LogP contribution in [0.4, 0.5) is 0 Å². The van der Waals surface area contributed by atoms with Gasteiger partial charge in [0.1, 0.15) is 0 Å². The molecule has 34 heavy (non-hydrogen) atoms. The van der Waals surface area contributed by atoms with Gasteiger partial charge in [0.2, 0.25) is 0 Å². The molecule has 186 valence electrons. The fraction of sp³-hybridized carbons (Fsp3) is 0.478. The van der Waals surface area contributed by atoms with E-state index in [-0.39, 0.29) is 0 Å². The molecule has 1 aliphatic rings. The van der Waals surface area contributed by atoms with E-state index in [1.54, 1.807) is 0 Å². The minimum absolute atomic E-state index is 0.308. The van der Waals surface area contributed by atoms with Gasteiger partial charge in [-0.2, -0.15) is 5.10 Å². The summed E-state index contributed by atoms with van der Waals surface area (Å²) >= 11 is 0. The van der Waals surface area contributed by atoms with Crippen LogP contribution in [0.25, 0.3) is 0 Å². The highest BCUT2D eigenvalue weighted by Crippen LogP contribution is 2.20. The number of carboxylic acids is 3. The van der Waals surface area contributed by atoms with Crippen LogP contribution in [-0.2, 0) is 27.5 Å². The normalized spacial score (nSPS) is 16.0. The zero-order valence-corrected chi connectivity index (χ0v) is 19.0. The van der Waals surface area contributed by atoms with Gasteiger partial charge in [-0.25, -0.2) is 4.79 Å². The van der Waals surface area contributed by atoms with Gasteiger partial charge in [0, 0.05) is 31.0 Å². The minimum atomic E-state index is -2.74. The standard InChI is InChI=1S/C17H23N3O.C6H8O7/c1-14-17(12-19-8-7-16(10-19)13-21)9-18-20(14)11-15-5-3-2-4-6-15;7-3(8)1-6(13,5(11)12)2-4(9)10/h2-6,9,16,21H,7-8,10-13H2,1H3;13H,1-2H2,(H,7,8)(H,9,10)(H,11,12). The van der Waals surface area contributed by atoms with Crippen LogP contribution < -0.4 is 0 Å². The first kappa shape index (κ1) is 27.0. The topological polar surface area (TPSA) is 173 Å². The first-order chi connectivity index (χ1) is 16.0. The minimum Gasteiger partial charge on any atom is -0.481 e. The Balaban J connectivity index is 0.000000273. The van der Waals surface area contributed by atoms with Gasteiger partial charge in [-0.3, -0.25) is 19.2 Å². The number of carboxylic acid groups (broad SMARTS) is 3. The molecule has 1 atom stereocenters. The molecule has 1 unspecified atom stereocenters. The Kier molecular flexibility index (Phi) is 9.72. The van der Waals surface area contributed by atoms with Crippen molar-refractivity contribution in [3.8, 4) is 0 Å². The lowest BCUT2D eigenvalue weighted by Crippen LogP contribution is -2.42. The third-order valence-corrected chi connectivity index (χ3v) is 5.69. The maximum absolute atomic E-state index is 10.3. The molecule has 5 N–H and O–H groups in total. The lowest BCUT2D eigenvalue weighted by Gasteiger charge is -2.18. The van der Waals surface area contributed by atoms with Crippen molar-refractivity contribution in [2.75, 3.05) is 19.7 Å². The van der Waals surface area contributed by atoms with Crippen molar-refractivity contribution in [2.24, 2.45) is 5.92 Å². The Labute approximate surface area is 196 Å². The molecule has 1 aromatic heterocycles. The quantitative estimate of drug-likeness (QED) is 0.329. The van der Waals surface area contributed by atoms with Gasteiger partial charge in [0.15, 0.2) is 5.60 Å². The number of hydrogen-bond acceptors (Lipinski definition) is 7. The number of aliphatic hydroxyl groups excluding tert-OH is 1. The van der Waals surface area contributed by atoms with Gasteiger partial charge >= 0.3 is 17.9 Å². The first-order valence-corrected chi connectivity index (χ1v) is 10.8. The van der Waals surface area contributed by atoms with Crippen molar-refractivity contribution in [3.63, 3.8) is 0 Å². The number of aliphatic carboxylic acids is 3. The molecule has 0 saturated carbocycles. The average Bonchev–Trinajstić information content (AvgIpc) is 3.36. The maximum atomic E-state index is 10.3. The van der Waals surface area contributed by atoms with Crippen molar-refractivity contribution in [1.82, 2.24) is 14.7 Å². The molecule has 1 aliphatic heterocycles. The SMILES string of the molecule is Cc1c(CN2CCC(CO)C2)cnn1Cc1ccccc1.O=C(O)CC(O)(CC(=O)O)C(=O)O. The van der Waals surface area contributed by atoms with Crippen LogP contribution in [0, 0.1) is 12.8 Å². The molecule has 0 bridgehead atoms. The van der Waals surface area contributed by atoms with Crippen molar-refractivity contribution >= 4 is 17.9 Å². The molecular formula is C23H31N3O8. The lowest BCUT2D eigenvalue weighted by molar-refractivity contribution is -0.170. The van der Waals surface area contributed by atoms with Gasteiger partial charge in [-0.15, -0.1) is 0 Å². The fourth-order valence-corrected chi connectivity index (χ4v) is 3.72. The average molecular weight is 478 g/mol. The van der Waals surface area contributed by atoms with E-state index in [4.69, 9.17) is 20.4 Å². The number of aromatic nitrogens is 2. The molecule has 0 radical (unpaired) electrons. The molecule has 2 heterocycles. The molecule has 1 saturated heterocycles. The summed E-state index contributed by atoms with van der Waals surface area (Å²) in [5, 5.41) is 47.6. The van der Waals surface area contributed by atoms with Crippen molar-refractivity contribution in [2.45, 2.75) is 44.9 Å². The monoisotopic (exact) mass is 477 g/mol. The van der Waals surface area contributed by atoms with Gasteiger partial charge in [0.05, 0.1) is 25.6 Å². The second-order valence-corrected chi connectivity index (χ2v) is 8.45. The van der Waals surface area contributed by atoms with E-state index in [1.807, 2.05) is 12.3 Å². The molecule has 2 aromatic rings. The zero-order chi connectivity index (χ0) is 25.3. The third-order valence-electron chi connectivity index (χ3n) is 5.69. The molecule has 11 nitrogen and oxygen atoms in total. The van der Waals surface area contributed by atoms with Gasteiger partial charge < -0.3 is 25.5 Å². The molecule has 3 rings (SSSR count). The Morgan fingerprint density at radius 1 is 1.06 bits per heavy atom. The smallest absolute Gasteiger partial charge is 0.336 e. The second kappa shape index (κ2) is 12.3. The summed E-state index contributed by atoms with van der Waals surface area (Å²) in [5.41, 5.74) is 1.07. The zero-order valence-electron chi connectivity index (χ0n) is 19.0. The molecule has 1 fully saturated rings. The van der Waals surface area contributed by atoms with Crippen LogP contribution in [0.15, 0.2) is 36.5 Å². The number of hydrogen-bond donors (Lipinski definition) is 5. The number of rotatable bonds is 10. The number of benzene rings is 1. The Hall–Kier alpha value is -3.28. The summed E-state index contributed by atoms with van der Waals surface area (Å²) in [5.74, 6) is -4.57. The third kappa shape index (κ3) is 7.94. The van der Waals surface area contributed by atoms with Crippen molar-refractivity contribution in [1.29, 1.82) is 0 Å². The summed E-state index contributed by atoms with van der Waals surface area (Å²) in [6.07, 6.45) is 0.807. The highest BCUT2D eigenvalue weighted by molar-refractivity contribution is 5.88. The molecule has 0 amide bonds. The summed E-state index contributed by atoms with van der Waals surface area (Å²) < 4.78 is 2.07. The summed E-state index contributed by atoms with van der Waals surface area (Å²) in [7, 11) is 0. The Morgan fingerprint density at radius 3 is 2.18 bits per heavy atom. The molecule has 0 spiro atoms. The number of likely N-dealkylation sites (tertiary alicyclic amines) is 1. The van der Waals surface area contributed by atoms with Crippen molar-refractivity contribution in [3.05, 3.63) is 53.3 Å². The Bertz CT molecular complexity index is 960. The maximum Gasteiger partial charge on any atom is 0.336 e.